The number of carbonyl (C=O) groups is 3. The van der Waals surface area contributed by atoms with Crippen LogP contribution in [0.5, 0.6) is 0 Å². The lowest BCUT2D eigenvalue weighted by Gasteiger charge is -2.26. The van der Waals surface area contributed by atoms with Gasteiger partial charge >= 0.3 is 11.9 Å². The molecule has 2 atom stereocenters. The lowest BCUT2D eigenvalue weighted by Crippen LogP contribution is -2.44. The number of ether oxygens (including phenoxy) is 4. The van der Waals surface area contributed by atoms with Crippen molar-refractivity contribution in [3.05, 3.63) is 109 Å². The summed E-state index contributed by atoms with van der Waals surface area (Å²) >= 11 is 0. The van der Waals surface area contributed by atoms with E-state index in [0.29, 0.717) is 17.4 Å². The molecule has 0 radical (unpaired) electrons. The number of hydrogen-bond donors (Lipinski definition) is 0. The van der Waals surface area contributed by atoms with Crippen LogP contribution in [-0.4, -0.2) is 82.3 Å². The van der Waals surface area contributed by atoms with Crippen LogP contribution >= 0.6 is 0 Å². The van der Waals surface area contributed by atoms with Gasteiger partial charge in [0.1, 0.15) is 13.2 Å². The highest BCUT2D eigenvalue weighted by molar-refractivity contribution is 5.70. The van der Waals surface area contributed by atoms with Crippen LogP contribution in [-0.2, 0) is 33.3 Å². The molecule has 0 aromatic heterocycles. The first-order valence-corrected chi connectivity index (χ1v) is 28.5. The van der Waals surface area contributed by atoms with Crippen molar-refractivity contribution in [2.24, 2.45) is 0 Å². The SMILES string of the molecule is CC/C=C\C/C=C\C/C=C\C/C=C\C/C=C\C/C=C\C/C=C\C/C=C\C/C=C\CCCCCCCC(=O)OC(COC(=O)CCCCCCCCCCCCCCCC)COC(OCC[N+](C)(C)C)C(=O)[O-]. The lowest BCUT2D eigenvalue weighted by atomic mass is 10.0. The minimum Gasteiger partial charge on any atom is -0.545 e. The Hall–Kier alpha value is -4.05. The van der Waals surface area contributed by atoms with E-state index in [4.69, 9.17) is 18.9 Å². The number of hydrogen-bond acceptors (Lipinski definition) is 8. The summed E-state index contributed by atoms with van der Waals surface area (Å²) in [5.41, 5.74) is 0. The first kappa shape index (κ1) is 68.0. The van der Waals surface area contributed by atoms with Gasteiger partial charge in [-0.2, -0.15) is 0 Å². The quantitative estimate of drug-likeness (QED) is 0.0195. The van der Waals surface area contributed by atoms with Crippen molar-refractivity contribution in [1.29, 1.82) is 0 Å². The van der Waals surface area contributed by atoms with Gasteiger partial charge in [0.25, 0.3) is 0 Å². The van der Waals surface area contributed by atoms with Crippen LogP contribution in [0.25, 0.3) is 0 Å². The summed E-state index contributed by atoms with van der Waals surface area (Å²) in [4.78, 5) is 37.2. The Kier molecular flexibility index (Phi) is 50.3. The van der Waals surface area contributed by atoms with Crippen LogP contribution in [0, 0.1) is 0 Å². The van der Waals surface area contributed by atoms with E-state index in [9.17, 15) is 19.5 Å². The number of quaternary nitrogens is 1. The molecule has 0 aliphatic rings. The molecule has 0 saturated carbocycles. The van der Waals surface area contributed by atoms with Gasteiger partial charge in [0.15, 0.2) is 12.4 Å². The van der Waals surface area contributed by atoms with E-state index in [1.165, 1.54) is 70.6 Å². The highest BCUT2D eigenvalue weighted by Crippen LogP contribution is 2.15. The lowest BCUT2D eigenvalue weighted by molar-refractivity contribution is -0.870. The minimum absolute atomic E-state index is 0.139. The number of carboxylic acids is 1. The Labute approximate surface area is 441 Å². The largest absolute Gasteiger partial charge is 0.545 e. The van der Waals surface area contributed by atoms with Gasteiger partial charge in [0.2, 0.25) is 0 Å². The molecule has 0 aliphatic heterocycles. The van der Waals surface area contributed by atoms with Crippen LogP contribution < -0.4 is 5.11 Å². The van der Waals surface area contributed by atoms with Crippen LogP contribution in [0.15, 0.2) is 109 Å². The highest BCUT2D eigenvalue weighted by Gasteiger charge is 2.22. The Morgan fingerprint density at radius 1 is 0.431 bits per heavy atom. The smallest absolute Gasteiger partial charge is 0.306 e. The fourth-order valence-corrected chi connectivity index (χ4v) is 7.41. The van der Waals surface area contributed by atoms with Gasteiger partial charge in [-0.25, -0.2) is 0 Å². The number of rotatable bonds is 51. The number of aliphatic carboxylic acids is 1. The van der Waals surface area contributed by atoms with Gasteiger partial charge < -0.3 is 33.3 Å². The molecule has 0 rings (SSSR count). The normalized spacial score (nSPS) is 13.6. The topological polar surface area (TPSA) is 111 Å². The van der Waals surface area contributed by atoms with Crippen molar-refractivity contribution in [3.8, 4) is 0 Å². The third-order valence-electron chi connectivity index (χ3n) is 11.8. The maximum Gasteiger partial charge on any atom is 0.306 e. The van der Waals surface area contributed by atoms with Crippen molar-refractivity contribution in [1.82, 2.24) is 0 Å². The zero-order valence-electron chi connectivity index (χ0n) is 46.5. The summed E-state index contributed by atoms with van der Waals surface area (Å²) in [6.07, 6.45) is 69.9. The van der Waals surface area contributed by atoms with Crippen molar-refractivity contribution in [3.63, 3.8) is 0 Å². The molecular formula is C63H105NO8. The summed E-state index contributed by atoms with van der Waals surface area (Å²) in [5.74, 6) is -2.32. The van der Waals surface area contributed by atoms with E-state index in [-0.39, 0.29) is 38.6 Å². The Morgan fingerprint density at radius 3 is 1.18 bits per heavy atom. The molecule has 0 heterocycles. The van der Waals surface area contributed by atoms with E-state index >= 15 is 0 Å². The molecule has 0 aromatic rings. The van der Waals surface area contributed by atoms with Gasteiger partial charge in [-0.3, -0.25) is 9.59 Å². The number of likely N-dealkylation sites (N-methyl/N-ethyl adjacent to an activating group) is 1. The summed E-state index contributed by atoms with van der Waals surface area (Å²) in [5, 5.41) is 11.8. The van der Waals surface area contributed by atoms with Crippen molar-refractivity contribution in [2.75, 3.05) is 47.5 Å². The summed E-state index contributed by atoms with van der Waals surface area (Å²) < 4.78 is 22.6. The van der Waals surface area contributed by atoms with E-state index in [1.54, 1.807) is 0 Å². The van der Waals surface area contributed by atoms with Crippen LogP contribution in [0.1, 0.15) is 213 Å². The monoisotopic (exact) mass is 1000 g/mol. The molecule has 410 valence electrons. The molecule has 0 saturated heterocycles. The van der Waals surface area contributed by atoms with E-state index < -0.39 is 24.3 Å². The number of nitrogens with zero attached hydrogens (tertiary/aromatic N) is 1. The molecule has 72 heavy (non-hydrogen) atoms. The van der Waals surface area contributed by atoms with Crippen LogP contribution in [0.2, 0.25) is 0 Å². The second kappa shape index (κ2) is 53.2. The second-order valence-electron chi connectivity index (χ2n) is 19.9. The molecule has 2 unspecified atom stereocenters. The fourth-order valence-electron chi connectivity index (χ4n) is 7.41. The predicted octanol–water partition coefficient (Wildman–Crippen LogP) is 15.4. The molecule has 0 fully saturated rings. The highest BCUT2D eigenvalue weighted by atomic mass is 16.7. The van der Waals surface area contributed by atoms with Gasteiger partial charge in [0, 0.05) is 12.8 Å². The molecule has 0 N–H and O–H groups in total. The number of carbonyl (C=O) groups excluding carboxylic acids is 3. The summed E-state index contributed by atoms with van der Waals surface area (Å²) in [6, 6.07) is 0. The van der Waals surface area contributed by atoms with Crippen molar-refractivity contribution < 1.29 is 42.9 Å². The standard InChI is InChI=1S/C63H105NO8/c1-6-8-10-12-14-16-18-20-22-23-24-25-26-27-28-29-30-31-32-33-34-35-36-37-38-39-40-42-44-46-48-50-52-54-61(66)72-59(58-71-63(62(67)68)69-56-55-64(3,4)5)57-70-60(65)53-51-49-47-45-43-41-21-19-17-15-13-11-9-7-2/h8,10,14,16,20,22,24-25,27-28,30-31,33-34,36-37,39-40,59,63H,6-7,9,11-13,15,17-19,21,23,26,29,32,35,38,41-58H2,1-5H3/b10-8-,16-14-,22-20-,25-24-,28-27-,31-30-,34-33-,37-36-,40-39-. The third kappa shape index (κ3) is 53.7. The van der Waals surface area contributed by atoms with E-state index in [1.807, 2.05) is 21.1 Å². The van der Waals surface area contributed by atoms with Gasteiger partial charge in [-0.15, -0.1) is 0 Å². The van der Waals surface area contributed by atoms with Gasteiger partial charge in [-0.05, 0) is 83.5 Å². The zero-order chi connectivity index (χ0) is 52.7. The Morgan fingerprint density at radius 2 is 0.792 bits per heavy atom. The van der Waals surface area contributed by atoms with E-state index in [2.05, 4.69) is 123 Å². The maximum atomic E-state index is 12.8. The summed E-state index contributed by atoms with van der Waals surface area (Å²) in [7, 11) is 5.90. The first-order valence-electron chi connectivity index (χ1n) is 28.5. The molecule has 9 heteroatoms. The van der Waals surface area contributed by atoms with E-state index in [0.717, 1.165) is 109 Å². The second-order valence-corrected chi connectivity index (χ2v) is 19.9. The third-order valence-corrected chi connectivity index (χ3v) is 11.8. The average Bonchev–Trinajstić information content (AvgIpc) is 3.35. The number of carboxylic acid groups (broad SMARTS) is 1. The minimum atomic E-state index is -1.63. The fraction of sp³-hybridized carbons (Fsp3) is 0.667. The predicted molar refractivity (Wildman–Crippen MR) is 301 cm³/mol. The molecule has 0 amide bonds. The molecule has 0 aromatic carbocycles. The number of esters is 2. The molecule has 0 spiro atoms. The number of unbranched alkanes of at least 4 members (excludes halogenated alkanes) is 18. The van der Waals surface area contributed by atoms with Crippen molar-refractivity contribution >= 4 is 17.9 Å². The molecule has 9 nitrogen and oxygen atoms in total. The van der Waals surface area contributed by atoms with Crippen LogP contribution in [0.3, 0.4) is 0 Å². The molecule has 0 bridgehead atoms. The average molecular weight is 1000 g/mol. The van der Waals surface area contributed by atoms with Crippen LogP contribution in [0.4, 0.5) is 0 Å². The van der Waals surface area contributed by atoms with Gasteiger partial charge in [-0.1, -0.05) is 226 Å². The summed E-state index contributed by atoms with van der Waals surface area (Å²) in [6.45, 7) is 4.60. The van der Waals surface area contributed by atoms with Gasteiger partial charge in [0.05, 0.1) is 40.3 Å². The maximum absolute atomic E-state index is 12.8. The zero-order valence-corrected chi connectivity index (χ0v) is 46.5. The first-order chi connectivity index (χ1) is 35.1. The van der Waals surface area contributed by atoms with Crippen molar-refractivity contribution in [2.45, 2.75) is 225 Å². The molecule has 0 aliphatic carbocycles. The Bertz CT molecular complexity index is 1540. The number of allylic oxidation sites excluding steroid dienone is 18. The Balaban J connectivity index is 4.29. The molecular weight excluding hydrogens is 899 g/mol.